The highest BCUT2D eigenvalue weighted by Crippen LogP contribution is 2.50. The summed E-state index contributed by atoms with van der Waals surface area (Å²) in [5.41, 5.74) is -0.842. The van der Waals surface area contributed by atoms with E-state index in [1.54, 1.807) is 0 Å². The molecule has 0 bridgehead atoms. The van der Waals surface area contributed by atoms with Gasteiger partial charge in [0.2, 0.25) is 11.8 Å². The van der Waals surface area contributed by atoms with E-state index in [1.165, 1.54) is 0 Å². The van der Waals surface area contributed by atoms with Crippen molar-refractivity contribution in [2.45, 2.75) is 32.1 Å². The zero-order valence-corrected chi connectivity index (χ0v) is 10.7. The molecule has 96 valence electrons. The topological polar surface area (TPSA) is 87.0 Å². The summed E-state index contributed by atoms with van der Waals surface area (Å²) in [6.07, 6.45) is 3.78. The zero-order valence-electron chi connectivity index (χ0n) is 9.81. The fraction of sp³-hybridized carbons (Fsp3) is 0.667. The highest BCUT2D eigenvalue weighted by Gasteiger charge is 2.57. The highest BCUT2D eigenvalue weighted by atomic mass is 32.1. The van der Waals surface area contributed by atoms with E-state index in [9.17, 15) is 19.6 Å². The number of carbonyl (C=O) groups is 3. The molecule has 0 aromatic heterocycles. The lowest BCUT2D eigenvalue weighted by atomic mass is 9.57. The molecule has 1 saturated heterocycles. The molecule has 1 N–H and O–H groups in total. The van der Waals surface area contributed by atoms with Gasteiger partial charge in [0.15, 0.2) is 5.12 Å². The van der Waals surface area contributed by atoms with Gasteiger partial charge in [0.25, 0.3) is 0 Å². The molecular weight excluding hydrogens is 252 g/mol. The minimum atomic E-state index is -0.983. The smallest absolute Gasteiger partial charge is 0.244 e. The van der Waals surface area contributed by atoms with Gasteiger partial charge in [-0.1, -0.05) is 19.3 Å². The zero-order chi connectivity index (χ0) is 13.3. The van der Waals surface area contributed by atoms with Crippen molar-refractivity contribution in [3.8, 4) is 6.07 Å². The van der Waals surface area contributed by atoms with Gasteiger partial charge >= 0.3 is 0 Å². The first-order chi connectivity index (χ1) is 8.53. The van der Waals surface area contributed by atoms with Crippen molar-refractivity contribution in [1.29, 1.82) is 5.26 Å². The third-order valence-electron chi connectivity index (χ3n) is 4.08. The maximum Gasteiger partial charge on any atom is 0.244 e. The molecule has 0 aromatic carbocycles. The molecule has 18 heavy (non-hydrogen) atoms. The van der Waals surface area contributed by atoms with Gasteiger partial charge in [0, 0.05) is 5.41 Å². The Hall–Kier alpha value is -1.35. The molecule has 1 saturated carbocycles. The van der Waals surface area contributed by atoms with Crippen molar-refractivity contribution in [2.24, 2.45) is 17.3 Å². The maximum absolute atomic E-state index is 11.9. The Labute approximate surface area is 110 Å². The predicted octanol–water partition coefficient (Wildman–Crippen LogP) is 0.806. The monoisotopic (exact) mass is 266 g/mol. The average Bonchev–Trinajstić information content (AvgIpc) is 2.29. The summed E-state index contributed by atoms with van der Waals surface area (Å²) >= 11 is 3.77. The number of hydrogen-bond acceptors (Lipinski definition) is 4. The molecular formula is C12H14N2O3S. The summed E-state index contributed by atoms with van der Waals surface area (Å²) < 4.78 is 0. The highest BCUT2D eigenvalue weighted by molar-refractivity contribution is 7.96. The molecule has 2 aliphatic rings. The predicted molar refractivity (Wildman–Crippen MR) is 65.3 cm³/mol. The van der Waals surface area contributed by atoms with Crippen LogP contribution in [0.3, 0.4) is 0 Å². The van der Waals surface area contributed by atoms with E-state index in [2.05, 4.69) is 17.9 Å². The van der Waals surface area contributed by atoms with Crippen molar-refractivity contribution >= 4 is 29.6 Å². The van der Waals surface area contributed by atoms with E-state index in [0.717, 1.165) is 19.3 Å². The molecule has 2 amide bonds. The van der Waals surface area contributed by atoms with E-state index in [4.69, 9.17) is 0 Å². The number of nitrogens with one attached hydrogen (secondary N) is 1. The Kier molecular flexibility index (Phi) is 3.44. The quantitative estimate of drug-likeness (QED) is 0.417. The van der Waals surface area contributed by atoms with Crippen LogP contribution in [0.1, 0.15) is 32.1 Å². The maximum atomic E-state index is 11.9. The van der Waals surface area contributed by atoms with Gasteiger partial charge in [0.05, 0.1) is 6.07 Å². The minimum Gasteiger partial charge on any atom is -0.295 e. The Bertz CT molecular complexity index is 449. The first-order valence-electron chi connectivity index (χ1n) is 6.00. The van der Waals surface area contributed by atoms with E-state index in [1.807, 2.05) is 6.07 Å². The number of carbonyl (C=O) groups excluding carboxylic acids is 3. The van der Waals surface area contributed by atoms with Crippen molar-refractivity contribution in [3.63, 3.8) is 0 Å². The molecule has 1 aliphatic carbocycles. The van der Waals surface area contributed by atoms with Crippen LogP contribution in [0.15, 0.2) is 0 Å². The molecule has 2 fully saturated rings. The molecule has 1 heterocycles. The van der Waals surface area contributed by atoms with Gasteiger partial charge in [-0.3, -0.25) is 19.7 Å². The van der Waals surface area contributed by atoms with Crippen LogP contribution in [0, 0.1) is 28.6 Å². The fourth-order valence-corrected chi connectivity index (χ4v) is 3.66. The standard InChI is InChI=1S/C12H14N2O3S/c13-6-7-9(15)14-10(16)8(11(17)18)12(7)4-2-1-3-5-12/h7-8H,1-5H2,(H,17,18)(H,14,15,16)/t7-,8-/m1/s1. The number of nitrogens with zero attached hydrogens (tertiary/aromatic N) is 1. The third kappa shape index (κ3) is 1.83. The second-order valence-electron chi connectivity index (χ2n) is 4.98. The van der Waals surface area contributed by atoms with Gasteiger partial charge in [-0.15, -0.1) is 12.6 Å². The van der Waals surface area contributed by atoms with Crippen LogP contribution in [-0.2, 0) is 14.4 Å². The van der Waals surface area contributed by atoms with Crippen molar-refractivity contribution in [2.75, 3.05) is 0 Å². The van der Waals surface area contributed by atoms with E-state index < -0.39 is 34.2 Å². The molecule has 5 nitrogen and oxygen atoms in total. The average molecular weight is 266 g/mol. The number of hydrogen-bond donors (Lipinski definition) is 2. The Morgan fingerprint density at radius 1 is 1.28 bits per heavy atom. The lowest BCUT2D eigenvalue weighted by Crippen LogP contribution is -2.60. The minimum absolute atomic E-state index is 0.554. The molecule has 0 unspecified atom stereocenters. The second kappa shape index (κ2) is 4.73. The number of rotatable bonds is 1. The molecule has 1 aliphatic heterocycles. The van der Waals surface area contributed by atoms with E-state index in [-0.39, 0.29) is 0 Å². The van der Waals surface area contributed by atoms with E-state index in [0.29, 0.717) is 12.8 Å². The third-order valence-corrected chi connectivity index (χ3v) is 4.34. The Morgan fingerprint density at radius 3 is 2.39 bits per heavy atom. The van der Waals surface area contributed by atoms with Gasteiger partial charge in [-0.25, -0.2) is 0 Å². The van der Waals surface area contributed by atoms with Crippen LogP contribution in [0.5, 0.6) is 0 Å². The van der Waals surface area contributed by atoms with Crippen molar-refractivity contribution < 1.29 is 14.4 Å². The van der Waals surface area contributed by atoms with Crippen LogP contribution >= 0.6 is 12.6 Å². The number of thiol groups is 1. The normalized spacial score (nSPS) is 30.7. The summed E-state index contributed by atoms with van der Waals surface area (Å²) in [5.74, 6) is -3.09. The molecule has 6 heteroatoms. The lowest BCUT2D eigenvalue weighted by Gasteiger charge is -2.46. The van der Waals surface area contributed by atoms with Gasteiger partial charge in [-0.05, 0) is 12.8 Å². The first-order valence-corrected chi connectivity index (χ1v) is 6.45. The largest absolute Gasteiger partial charge is 0.295 e. The molecule has 0 radical (unpaired) electrons. The van der Waals surface area contributed by atoms with Crippen molar-refractivity contribution in [3.05, 3.63) is 0 Å². The van der Waals surface area contributed by atoms with Gasteiger partial charge < -0.3 is 0 Å². The SMILES string of the molecule is N#C[C@@H]1C(=O)NC(=O)[C@H](C(=O)S)C12CCCCC2. The van der Waals surface area contributed by atoms with Gasteiger partial charge in [0.1, 0.15) is 11.8 Å². The van der Waals surface area contributed by atoms with Crippen LogP contribution in [0.4, 0.5) is 0 Å². The molecule has 0 aromatic rings. The summed E-state index contributed by atoms with van der Waals surface area (Å²) in [4.78, 5) is 35.3. The van der Waals surface area contributed by atoms with Crippen LogP contribution in [-0.4, -0.2) is 16.9 Å². The van der Waals surface area contributed by atoms with Crippen molar-refractivity contribution in [1.82, 2.24) is 5.32 Å². The summed E-state index contributed by atoms with van der Waals surface area (Å²) in [6.45, 7) is 0. The summed E-state index contributed by atoms with van der Waals surface area (Å²) in [6, 6.07) is 1.97. The Balaban J connectivity index is 2.49. The lowest BCUT2D eigenvalue weighted by molar-refractivity contribution is -0.152. The van der Waals surface area contributed by atoms with Crippen LogP contribution in [0.2, 0.25) is 0 Å². The number of imide groups is 1. The fourth-order valence-electron chi connectivity index (χ4n) is 3.29. The number of amides is 2. The first kappa shape index (κ1) is 13.1. The van der Waals surface area contributed by atoms with E-state index >= 15 is 0 Å². The van der Waals surface area contributed by atoms with Crippen LogP contribution < -0.4 is 5.32 Å². The summed E-state index contributed by atoms with van der Waals surface area (Å²) in [5, 5.41) is 10.8. The molecule has 2 atom stereocenters. The Morgan fingerprint density at radius 2 is 1.89 bits per heavy atom. The second-order valence-corrected chi connectivity index (χ2v) is 5.42. The number of piperidine rings is 1. The molecule has 2 rings (SSSR count). The van der Waals surface area contributed by atoms with Gasteiger partial charge in [-0.2, -0.15) is 5.26 Å². The summed E-state index contributed by atoms with van der Waals surface area (Å²) in [7, 11) is 0. The number of nitriles is 1. The molecule has 1 spiro atoms. The van der Waals surface area contributed by atoms with Crippen LogP contribution in [0.25, 0.3) is 0 Å².